The van der Waals surface area contributed by atoms with Crippen LogP contribution in [-0.4, -0.2) is 62.3 Å². The molecule has 0 amide bonds. The van der Waals surface area contributed by atoms with Crippen LogP contribution in [0.1, 0.15) is 40.0 Å². The number of aliphatic hydroxyl groups is 3. The maximum atomic E-state index is 11.1. The molecule has 4 atom stereocenters. The van der Waals surface area contributed by atoms with E-state index in [0.29, 0.717) is 18.1 Å². The monoisotopic (exact) mass is 340 g/mol. The van der Waals surface area contributed by atoms with Crippen LogP contribution in [0.15, 0.2) is 0 Å². The lowest BCUT2D eigenvalue weighted by Gasteiger charge is -2.50. The van der Waals surface area contributed by atoms with E-state index in [9.17, 15) is 15.3 Å². The Kier molecular flexibility index (Phi) is 8.34. The Morgan fingerprint density at radius 1 is 1.10 bits per heavy atom. The van der Waals surface area contributed by atoms with Crippen LogP contribution in [0.4, 0.5) is 0 Å². The van der Waals surface area contributed by atoms with Gasteiger partial charge in [-0.05, 0) is 30.8 Å². The molecule has 0 radical (unpaired) electrons. The lowest BCUT2D eigenvalue weighted by atomic mass is 10.0. The molecule has 5 nitrogen and oxygen atoms in total. The molecule has 1 heterocycles. The highest BCUT2D eigenvalue weighted by Crippen LogP contribution is 2.49. The van der Waals surface area contributed by atoms with Gasteiger partial charge in [0.15, 0.2) is 0 Å². The summed E-state index contributed by atoms with van der Waals surface area (Å²) in [5.74, 6) is 1.30. The van der Waals surface area contributed by atoms with Crippen LogP contribution in [0.2, 0.25) is 0 Å². The molecule has 1 unspecified atom stereocenters. The van der Waals surface area contributed by atoms with Crippen molar-refractivity contribution in [1.29, 1.82) is 0 Å². The Bertz CT molecular complexity index is 303. The Hall–Kier alpha value is 0.500. The molecule has 0 aromatic rings. The highest BCUT2D eigenvalue weighted by Gasteiger charge is 2.62. The number of aliphatic hydroxyl groups excluding tert-OH is 1. The van der Waals surface area contributed by atoms with E-state index >= 15 is 0 Å². The van der Waals surface area contributed by atoms with Crippen molar-refractivity contribution in [3.05, 3.63) is 0 Å². The quantitative estimate of drug-likeness (QED) is 0.552. The molecule has 3 N–H and O–H groups in total. The second kappa shape index (κ2) is 8.96. The highest BCUT2D eigenvalue weighted by atomic mass is 32.2. The van der Waals surface area contributed by atoms with E-state index in [1.54, 1.807) is 0 Å². The fraction of sp³-hybridized carbons (Fsp3) is 1.00. The van der Waals surface area contributed by atoms with Gasteiger partial charge < -0.3 is 24.8 Å². The summed E-state index contributed by atoms with van der Waals surface area (Å²) in [5, 5.41) is 30.3. The zero-order chi connectivity index (χ0) is 15.9. The van der Waals surface area contributed by atoms with E-state index in [1.165, 1.54) is 23.5 Å². The van der Waals surface area contributed by atoms with Crippen LogP contribution in [-0.2, 0) is 9.47 Å². The molecule has 0 spiro atoms. The number of hydrogen-bond acceptors (Lipinski definition) is 7. The summed E-state index contributed by atoms with van der Waals surface area (Å²) in [5.41, 5.74) is 0. The average molecular weight is 341 g/mol. The standard InChI is InChI=1S/C14H28O5S2/c1-4-7-18-12-11(15)10-19-14(17,21-9-6-3)13(12,16)20-8-5-2/h11-12,15-17H,4-10H2,1-3H3/t11-,12+,13+,14?/m1/s1. The summed E-state index contributed by atoms with van der Waals surface area (Å²) >= 11 is 2.36. The zero-order valence-corrected chi connectivity index (χ0v) is 14.7. The number of ether oxygens (including phenoxy) is 2. The van der Waals surface area contributed by atoms with Crippen molar-refractivity contribution in [1.82, 2.24) is 0 Å². The van der Waals surface area contributed by atoms with Crippen LogP contribution in [0.25, 0.3) is 0 Å². The number of hydrogen-bond donors (Lipinski definition) is 3. The minimum Gasteiger partial charge on any atom is -0.388 e. The van der Waals surface area contributed by atoms with Crippen molar-refractivity contribution in [2.24, 2.45) is 0 Å². The van der Waals surface area contributed by atoms with Crippen LogP contribution in [0.3, 0.4) is 0 Å². The molecule has 0 aliphatic carbocycles. The van der Waals surface area contributed by atoms with Crippen molar-refractivity contribution >= 4 is 23.5 Å². The predicted molar refractivity (Wildman–Crippen MR) is 87.4 cm³/mol. The van der Waals surface area contributed by atoms with Crippen molar-refractivity contribution in [3.8, 4) is 0 Å². The molecule has 0 aromatic carbocycles. The van der Waals surface area contributed by atoms with Crippen molar-refractivity contribution in [2.75, 3.05) is 24.7 Å². The van der Waals surface area contributed by atoms with Gasteiger partial charge >= 0.3 is 0 Å². The van der Waals surface area contributed by atoms with Gasteiger partial charge in [0, 0.05) is 6.61 Å². The van der Waals surface area contributed by atoms with Crippen LogP contribution in [0.5, 0.6) is 0 Å². The minimum atomic E-state index is -1.76. The first-order valence-corrected chi connectivity index (χ1v) is 9.58. The third kappa shape index (κ3) is 4.50. The summed E-state index contributed by atoms with van der Waals surface area (Å²) in [6.07, 6.45) is 0.663. The SMILES string of the molecule is CCCO[C@H]1[C@H](O)COC(O)(SCCC)[C@@]1(O)SCCC. The molecular weight excluding hydrogens is 312 g/mol. The molecule has 0 bridgehead atoms. The summed E-state index contributed by atoms with van der Waals surface area (Å²) in [4.78, 5) is -1.68. The third-order valence-electron chi connectivity index (χ3n) is 3.17. The van der Waals surface area contributed by atoms with Gasteiger partial charge in [-0.25, -0.2) is 0 Å². The lowest BCUT2D eigenvalue weighted by Crippen LogP contribution is -2.68. The molecule has 0 aromatic heterocycles. The fourth-order valence-corrected chi connectivity index (χ4v) is 4.57. The minimum absolute atomic E-state index is 0.0450. The second-order valence-corrected chi connectivity index (χ2v) is 7.71. The van der Waals surface area contributed by atoms with Gasteiger partial charge in [0.05, 0.1) is 6.61 Å². The molecule has 7 heteroatoms. The van der Waals surface area contributed by atoms with Crippen molar-refractivity contribution in [3.63, 3.8) is 0 Å². The molecule has 1 saturated heterocycles. The molecule has 21 heavy (non-hydrogen) atoms. The molecular formula is C14H28O5S2. The van der Waals surface area contributed by atoms with Crippen LogP contribution in [0, 0.1) is 0 Å². The van der Waals surface area contributed by atoms with Crippen LogP contribution < -0.4 is 0 Å². The van der Waals surface area contributed by atoms with E-state index in [0.717, 1.165) is 19.3 Å². The van der Waals surface area contributed by atoms with E-state index in [4.69, 9.17) is 9.47 Å². The molecule has 1 rings (SSSR count). The summed E-state index contributed by atoms with van der Waals surface area (Å²) in [6.45, 7) is 6.33. The van der Waals surface area contributed by atoms with E-state index in [-0.39, 0.29) is 6.61 Å². The van der Waals surface area contributed by atoms with E-state index in [1.807, 2.05) is 20.8 Å². The molecule has 126 valence electrons. The molecule has 1 fully saturated rings. The predicted octanol–water partition coefficient (Wildman–Crippen LogP) is 1.79. The maximum Gasteiger partial charge on any atom is 0.258 e. The van der Waals surface area contributed by atoms with E-state index in [2.05, 4.69) is 0 Å². The van der Waals surface area contributed by atoms with Gasteiger partial charge in [0.2, 0.25) is 4.93 Å². The number of thioether (sulfide) groups is 2. The van der Waals surface area contributed by atoms with Gasteiger partial charge in [-0.15, -0.1) is 11.8 Å². The van der Waals surface area contributed by atoms with Gasteiger partial charge in [-0.3, -0.25) is 0 Å². The van der Waals surface area contributed by atoms with Gasteiger partial charge in [0.25, 0.3) is 5.12 Å². The fourth-order valence-electron chi connectivity index (χ4n) is 2.12. The highest BCUT2D eigenvalue weighted by molar-refractivity contribution is 8.04. The molecule has 1 aliphatic rings. The summed E-state index contributed by atoms with van der Waals surface area (Å²) in [6, 6.07) is 0. The first-order chi connectivity index (χ1) is 9.95. The Balaban J connectivity index is 2.99. The van der Waals surface area contributed by atoms with Crippen LogP contribution >= 0.6 is 23.5 Å². The van der Waals surface area contributed by atoms with Gasteiger partial charge in [-0.1, -0.05) is 32.5 Å². The number of rotatable bonds is 9. The molecule has 0 saturated carbocycles. The first-order valence-electron chi connectivity index (χ1n) is 7.61. The smallest absolute Gasteiger partial charge is 0.258 e. The second-order valence-electron chi connectivity index (χ2n) is 5.14. The summed E-state index contributed by atoms with van der Waals surface area (Å²) in [7, 11) is 0. The van der Waals surface area contributed by atoms with Gasteiger partial charge in [0.1, 0.15) is 12.2 Å². The Labute approximate surface area is 135 Å². The normalized spacial score (nSPS) is 36.9. The maximum absolute atomic E-state index is 11.1. The largest absolute Gasteiger partial charge is 0.388 e. The Morgan fingerprint density at radius 2 is 1.71 bits per heavy atom. The lowest BCUT2D eigenvalue weighted by molar-refractivity contribution is -0.295. The Morgan fingerprint density at radius 3 is 2.29 bits per heavy atom. The van der Waals surface area contributed by atoms with E-state index < -0.39 is 22.3 Å². The first kappa shape index (κ1) is 19.5. The summed E-state index contributed by atoms with van der Waals surface area (Å²) < 4.78 is 11.1. The zero-order valence-electron chi connectivity index (χ0n) is 13.1. The van der Waals surface area contributed by atoms with Crippen molar-refractivity contribution in [2.45, 2.75) is 62.3 Å². The van der Waals surface area contributed by atoms with Gasteiger partial charge in [-0.2, -0.15) is 0 Å². The topological polar surface area (TPSA) is 79.2 Å². The molecule has 1 aliphatic heterocycles. The van der Waals surface area contributed by atoms with Crippen molar-refractivity contribution < 1.29 is 24.8 Å². The third-order valence-corrected chi connectivity index (χ3v) is 6.29. The average Bonchev–Trinajstić information content (AvgIpc) is 2.47.